The van der Waals surface area contributed by atoms with Gasteiger partial charge in [-0.15, -0.1) is 0 Å². The van der Waals surface area contributed by atoms with E-state index in [4.69, 9.17) is 11.6 Å². The van der Waals surface area contributed by atoms with Gasteiger partial charge in [0.1, 0.15) is 0 Å². The maximum Gasteiger partial charge on any atom is 0.0820 e. The predicted molar refractivity (Wildman–Crippen MR) is 64.7 cm³/mol. The van der Waals surface area contributed by atoms with Gasteiger partial charge < -0.3 is 5.11 Å². The van der Waals surface area contributed by atoms with Crippen LogP contribution in [0.25, 0.3) is 0 Å². The molecule has 1 aliphatic carbocycles. The van der Waals surface area contributed by atoms with Crippen LogP contribution in [0.1, 0.15) is 44.7 Å². The average molecular weight is 243 g/mol. The number of hydrogen-bond donors (Lipinski definition) is 1. The minimum Gasteiger partial charge on any atom is -0.393 e. The van der Waals surface area contributed by atoms with Crippen molar-refractivity contribution in [2.24, 2.45) is 5.92 Å². The number of nitrogens with zero attached hydrogens (tertiary/aromatic N) is 2. The Hall–Kier alpha value is -0.540. The molecule has 1 N–H and O–H groups in total. The summed E-state index contributed by atoms with van der Waals surface area (Å²) in [7, 11) is 0. The molecule has 90 valence electrons. The first-order chi connectivity index (χ1) is 7.65. The van der Waals surface area contributed by atoms with Gasteiger partial charge in [-0.1, -0.05) is 25.4 Å². The molecule has 1 heterocycles. The molecule has 1 aliphatic rings. The Kier molecular flexibility index (Phi) is 3.55. The first-order valence-electron chi connectivity index (χ1n) is 6.04. The average Bonchev–Trinajstić information content (AvgIpc) is 2.75. The number of halogens is 1. The summed E-state index contributed by atoms with van der Waals surface area (Å²) in [5, 5.41) is 14.9. The van der Waals surface area contributed by atoms with Crippen molar-refractivity contribution in [2.45, 2.75) is 51.7 Å². The lowest BCUT2D eigenvalue weighted by molar-refractivity contribution is 0.136. The van der Waals surface area contributed by atoms with E-state index in [0.29, 0.717) is 5.92 Å². The molecule has 1 fully saturated rings. The Labute approximate surface area is 101 Å². The maximum atomic E-state index is 9.81. The fourth-order valence-corrected chi connectivity index (χ4v) is 2.94. The van der Waals surface area contributed by atoms with Crippen molar-refractivity contribution in [1.82, 2.24) is 9.78 Å². The van der Waals surface area contributed by atoms with E-state index < -0.39 is 0 Å². The minimum atomic E-state index is -0.189. The molecule has 3 unspecified atom stereocenters. The van der Waals surface area contributed by atoms with Gasteiger partial charge in [-0.3, -0.25) is 4.68 Å². The molecule has 3 nitrogen and oxygen atoms in total. The van der Waals surface area contributed by atoms with E-state index in [1.54, 1.807) is 6.20 Å². The van der Waals surface area contributed by atoms with E-state index in [0.717, 1.165) is 36.5 Å². The summed E-state index contributed by atoms with van der Waals surface area (Å²) in [5.41, 5.74) is 1.12. The highest BCUT2D eigenvalue weighted by atomic mass is 35.5. The molecular weight excluding hydrogens is 224 g/mol. The largest absolute Gasteiger partial charge is 0.393 e. The third-order valence-electron chi connectivity index (χ3n) is 3.63. The van der Waals surface area contributed by atoms with Crippen LogP contribution in [-0.2, 0) is 6.54 Å². The van der Waals surface area contributed by atoms with Gasteiger partial charge in [-0.25, -0.2) is 0 Å². The molecule has 0 aromatic carbocycles. The van der Waals surface area contributed by atoms with Gasteiger partial charge in [0, 0.05) is 12.5 Å². The molecular formula is C12H19ClN2O. The number of aliphatic hydroxyl groups is 1. The van der Waals surface area contributed by atoms with E-state index in [2.05, 4.69) is 18.9 Å². The Morgan fingerprint density at radius 1 is 1.56 bits per heavy atom. The highest BCUT2D eigenvalue weighted by molar-refractivity contribution is 6.31. The van der Waals surface area contributed by atoms with Gasteiger partial charge >= 0.3 is 0 Å². The summed E-state index contributed by atoms with van der Waals surface area (Å²) in [6, 6.07) is 0. The van der Waals surface area contributed by atoms with Crippen LogP contribution in [0.15, 0.2) is 6.20 Å². The SMILES string of the molecule is CCCn1ncc(Cl)c1C1CCC(O)C1C. The van der Waals surface area contributed by atoms with Crippen LogP contribution in [0.4, 0.5) is 0 Å². The van der Waals surface area contributed by atoms with Crippen molar-refractivity contribution in [3.05, 3.63) is 16.9 Å². The van der Waals surface area contributed by atoms with Crippen molar-refractivity contribution >= 4 is 11.6 Å². The van der Waals surface area contributed by atoms with Gasteiger partial charge in [0.25, 0.3) is 0 Å². The lowest BCUT2D eigenvalue weighted by Crippen LogP contribution is -2.17. The zero-order valence-electron chi connectivity index (χ0n) is 9.86. The molecule has 0 aliphatic heterocycles. The monoisotopic (exact) mass is 242 g/mol. The van der Waals surface area contributed by atoms with Crippen LogP contribution in [0.5, 0.6) is 0 Å². The van der Waals surface area contributed by atoms with E-state index in [1.165, 1.54) is 0 Å². The molecule has 0 bridgehead atoms. The van der Waals surface area contributed by atoms with Crippen LogP contribution in [0.2, 0.25) is 5.02 Å². The van der Waals surface area contributed by atoms with Crippen LogP contribution < -0.4 is 0 Å². The second-order valence-corrected chi connectivity index (χ2v) is 5.12. The first kappa shape index (κ1) is 11.9. The van der Waals surface area contributed by atoms with Crippen molar-refractivity contribution < 1.29 is 5.11 Å². The summed E-state index contributed by atoms with van der Waals surface area (Å²) >= 11 is 6.21. The van der Waals surface area contributed by atoms with Gasteiger partial charge in [0.2, 0.25) is 0 Å². The lowest BCUT2D eigenvalue weighted by Gasteiger charge is -2.19. The summed E-state index contributed by atoms with van der Waals surface area (Å²) < 4.78 is 2.00. The quantitative estimate of drug-likeness (QED) is 0.885. The summed E-state index contributed by atoms with van der Waals surface area (Å²) in [5.74, 6) is 0.640. The molecule has 1 aromatic heterocycles. The number of aryl methyl sites for hydroxylation is 1. The summed E-state index contributed by atoms with van der Waals surface area (Å²) in [4.78, 5) is 0. The molecule has 16 heavy (non-hydrogen) atoms. The smallest absolute Gasteiger partial charge is 0.0820 e. The maximum absolute atomic E-state index is 9.81. The fraction of sp³-hybridized carbons (Fsp3) is 0.750. The Bertz CT molecular complexity index is 364. The Balaban J connectivity index is 2.28. The molecule has 0 saturated heterocycles. The topological polar surface area (TPSA) is 38.0 Å². The molecule has 1 aromatic rings. The molecule has 0 amide bonds. The van der Waals surface area contributed by atoms with E-state index >= 15 is 0 Å². The third kappa shape index (κ3) is 1.98. The van der Waals surface area contributed by atoms with Crippen molar-refractivity contribution in [1.29, 1.82) is 0 Å². The zero-order chi connectivity index (χ0) is 11.7. The minimum absolute atomic E-state index is 0.189. The molecule has 1 saturated carbocycles. The Morgan fingerprint density at radius 2 is 2.31 bits per heavy atom. The van der Waals surface area contributed by atoms with E-state index in [1.807, 2.05) is 4.68 Å². The van der Waals surface area contributed by atoms with Gasteiger partial charge in [0.15, 0.2) is 0 Å². The molecule has 4 heteroatoms. The van der Waals surface area contributed by atoms with Crippen molar-refractivity contribution in [2.75, 3.05) is 0 Å². The molecule has 2 rings (SSSR count). The standard InChI is InChI=1S/C12H19ClN2O/c1-3-6-15-12(10(13)7-14-15)9-4-5-11(16)8(9)2/h7-9,11,16H,3-6H2,1-2H3. The van der Waals surface area contributed by atoms with E-state index in [9.17, 15) is 5.11 Å². The van der Waals surface area contributed by atoms with Crippen molar-refractivity contribution in [3.8, 4) is 0 Å². The number of aromatic nitrogens is 2. The van der Waals surface area contributed by atoms with Crippen LogP contribution in [-0.4, -0.2) is 21.0 Å². The van der Waals surface area contributed by atoms with E-state index in [-0.39, 0.29) is 12.0 Å². The molecule has 0 radical (unpaired) electrons. The lowest BCUT2D eigenvalue weighted by atomic mass is 9.93. The molecule has 3 atom stereocenters. The highest BCUT2D eigenvalue weighted by Gasteiger charge is 2.35. The number of aliphatic hydroxyl groups excluding tert-OH is 1. The highest BCUT2D eigenvalue weighted by Crippen LogP contribution is 2.41. The Morgan fingerprint density at radius 3 is 2.88 bits per heavy atom. The summed E-state index contributed by atoms with van der Waals surface area (Å²) in [6.07, 6.45) is 4.47. The number of hydrogen-bond acceptors (Lipinski definition) is 2. The zero-order valence-corrected chi connectivity index (χ0v) is 10.6. The van der Waals surface area contributed by atoms with Gasteiger partial charge in [-0.2, -0.15) is 5.10 Å². The number of rotatable bonds is 3. The predicted octanol–water partition coefficient (Wildman–Crippen LogP) is 2.82. The summed E-state index contributed by atoms with van der Waals surface area (Å²) in [6.45, 7) is 5.13. The van der Waals surface area contributed by atoms with Crippen LogP contribution >= 0.6 is 11.6 Å². The van der Waals surface area contributed by atoms with Crippen LogP contribution in [0, 0.1) is 5.92 Å². The molecule has 0 spiro atoms. The van der Waals surface area contributed by atoms with Crippen molar-refractivity contribution in [3.63, 3.8) is 0 Å². The second-order valence-electron chi connectivity index (χ2n) is 4.71. The van der Waals surface area contributed by atoms with Gasteiger partial charge in [-0.05, 0) is 25.2 Å². The van der Waals surface area contributed by atoms with Gasteiger partial charge in [0.05, 0.1) is 23.0 Å². The normalized spacial score (nSPS) is 29.9. The fourth-order valence-electron chi connectivity index (χ4n) is 2.66. The first-order valence-corrected chi connectivity index (χ1v) is 6.42. The second kappa shape index (κ2) is 4.76. The van der Waals surface area contributed by atoms with Crippen LogP contribution in [0.3, 0.4) is 0 Å². The third-order valence-corrected chi connectivity index (χ3v) is 3.93.